The standard InChI is InChI=1S/C15H25N3OS/c1-11-12(2)20-14(17-11)8-9-16-15(19)13-7-5-4-6-10-18(13)3/h13H,4-10H2,1-3H3,(H,16,19). The van der Waals surface area contributed by atoms with Crippen molar-refractivity contribution in [2.75, 3.05) is 20.1 Å². The van der Waals surface area contributed by atoms with E-state index in [4.69, 9.17) is 0 Å². The zero-order chi connectivity index (χ0) is 14.5. The molecule has 0 spiro atoms. The number of likely N-dealkylation sites (tertiary alicyclic amines) is 1. The second-order valence-electron chi connectivity index (χ2n) is 5.64. The van der Waals surface area contributed by atoms with Crippen molar-refractivity contribution in [1.82, 2.24) is 15.2 Å². The van der Waals surface area contributed by atoms with E-state index in [1.807, 2.05) is 6.92 Å². The lowest BCUT2D eigenvalue weighted by Gasteiger charge is -2.24. The Morgan fingerprint density at radius 1 is 1.40 bits per heavy atom. The molecule has 112 valence electrons. The van der Waals surface area contributed by atoms with Crippen molar-refractivity contribution < 1.29 is 4.79 Å². The van der Waals surface area contributed by atoms with Crippen molar-refractivity contribution in [2.45, 2.75) is 52.0 Å². The zero-order valence-electron chi connectivity index (χ0n) is 12.7. The summed E-state index contributed by atoms with van der Waals surface area (Å²) in [7, 11) is 2.06. The number of hydrogen-bond donors (Lipinski definition) is 1. The van der Waals surface area contributed by atoms with Gasteiger partial charge in [-0.2, -0.15) is 0 Å². The molecule has 4 nitrogen and oxygen atoms in total. The number of nitrogens with one attached hydrogen (secondary N) is 1. The van der Waals surface area contributed by atoms with Crippen LogP contribution in [0.1, 0.15) is 41.3 Å². The number of carbonyl (C=O) groups is 1. The van der Waals surface area contributed by atoms with E-state index < -0.39 is 0 Å². The lowest BCUT2D eigenvalue weighted by Crippen LogP contribution is -2.45. The molecule has 1 N–H and O–H groups in total. The van der Waals surface area contributed by atoms with Gasteiger partial charge in [-0.1, -0.05) is 12.8 Å². The molecule has 2 rings (SSSR count). The number of aromatic nitrogens is 1. The third-order valence-electron chi connectivity index (χ3n) is 4.03. The fourth-order valence-electron chi connectivity index (χ4n) is 2.64. The van der Waals surface area contributed by atoms with Crippen LogP contribution >= 0.6 is 11.3 Å². The molecule has 0 bridgehead atoms. The lowest BCUT2D eigenvalue weighted by molar-refractivity contribution is -0.126. The van der Waals surface area contributed by atoms with Crippen molar-refractivity contribution in [2.24, 2.45) is 0 Å². The van der Waals surface area contributed by atoms with Gasteiger partial charge >= 0.3 is 0 Å². The molecule has 1 aromatic rings. The quantitative estimate of drug-likeness (QED) is 0.927. The summed E-state index contributed by atoms with van der Waals surface area (Å²) in [6.45, 7) is 5.85. The molecular weight excluding hydrogens is 270 g/mol. The summed E-state index contributed by atoms with van der Waals surface area (Å²) < 4.78 is 0. The highest BCUT2D eigenvalue weighted by molar-refractivity contribution is 7.11. The highest BCUT2D eigenvalue weighted by Crippen LogP contribution is 2.17. The van der Waals surface area contributed by atoms with Crippen LogP contribution in [0.5, 0.6) is 0 Å². The Morgan fingerprint density at radius 2 is 2.20 bits per heavy atom. The fraction of sp³-hybridized carbons (Fsp3) is 0.733. The van der Waals surface area contributed by atoms with Gasteiger partial charge in [0.25, 0.3) is 0 Å². The first-order valence-corrected chi connectivity index (χ1v) is 8.30. The summed E-state index contributed by atoms with van der Waals surface area (Å²) in [6.07, 6.45) is 5.43. The third-order valence-corrected chi connectivity index (χ3v) is 5.17. The number of thiazole rings is 1. The maximum absolute atomic E-state index is 12.3. The van der Waals surface area contributed by atoms with Crippen LogP contribution in [-0.2, 0) is 11.2 Å². The average Bonchev–Trinajstić information content (AvgIpc) is 2.61. The zero-order valence-corrected chi connectivity index (χ0v) is 13.6. The van der Waals surface area contributed by atoms with E-state index in [0.717, 1.165) is 36.5 Å². The smallest absolute Gasteiger partial charge is 0.237 e. The summed E-state index contributed by atoms with van der Waals surface area (Å²) in [5.74, 6) is 0.180. The lowest BCUT2D eigenvalue weighted by atomic mass is 10.1. The second kappa shape index (κ2) is 7.18. The number of carbonyl (C=O) groups excluding carboxylic acids is 1. The number of aryl methyl sites for hydroxylation is 2. The SMILES string of the molecule is Cc1nc(CCNC(=O)C2CCCCCN2C)sc1C. The average molecular weight is 295 g/mol. The summed E-state index contributed by atoms with van der Waals surface area (Å²) in [4.78, 5) is 20.2. The first-order valence-electron chi connectivity index (χ1n) is 7.49. The summed E-state index contributed by atoms with van der Waals surface area (Å²) in [6, 6.07) is 0.0530. The third kappa shape index (κ3) is 4.03. The summed E-state index contributed by atoms with van der Waals surface area (Å²) >= 11 is 1.73. The molecular formula is C15H25N3OS. The summed E-state index contributed by atoms with van der Waals surface area (Å²) in [5, 5.41) is 4.19. The van der Waals surface area contributed by atoms with E-state index in [1.165, 1.54) is 17.7 Å². The van der Waals surface area contributed by atoms with Crippen molar-refractivity contribution in [3.8, 4) is 0 Å². The van der Waals surface area contributed by atoms with Gasteiger partial charge in [0.1, 0.15) is 0 Å². The number of likely N-dealkylation sites (N-methyl/N-ethyl adjacent to an activating group) is 1. The molecule has 1 saturated heterocycles. The molecule has 0 radical (unpaired) electrons. The van der Waals surface area contributed by atoms with Gasteiger partial charge in [0, 0.05) is 17.8 Å². The van der Waals surface area contributed by atoms with Crippen LogP contribution in [0.4, 0.5) is 0 Å². The molecule has 1 aliphatic heterocycles. The molecule has 1 unspecified atom stereocenters. The van der Waals surface area contributed by atoms with Gasteiger partial charge in [0.05, 0.1) is 16.7 Å². The van der Waals surface area contributed by atoms with Crippen molar-refractivity contribution in [3.63, 3.8) is 0 Å². The van der Waals surface area contributed by atoms with Crippen molar-refractivity contribution in [1.29, 1.82) is 0 Å². The maximum Gasteiger partial charge on any atom is 0.237 e. The van der Waals surface area contributed by atoms with Gasteiger partial charge in [-0.05, 0) is 40.3 Å². The minimum Gasteiger partial charge on any atom is -0.354 e. The fourth-order valence-corrected chi connectivity index (χ4v) is 3.57. The van der Waals surface area contributed by atoms with E-state index in [2.05, 4.69) is 29.2 Å². The Hall–Kier alpha value is -0.940. The molecule has 1 fully saturated rings. The molecule has 1 aromatic heterocycles. The van der Waals surface area contributed by atoms with Gasteiger partial charge < -0.3 is 5.32 Å². The van der Waals surface area contributed by atoms with E-state index in [9.17, 15) is 4.79 Å². The van der Waals surface area contributed by atoms with Gasteiger partial charge in [0.15, 0.2) is 0 Å². The van der Waals surface area contributed by atoms with Crippen LogP contribution in [0.25, 0.3) is 0 Å². The second-order valence-corrected chi connectivity index (χ2v) is 6.92. The Labute approximate surface area is 125 Å². The van der Waals surface area contributed by atoms with Crippen LogP contribution in [0.3, 0.4) is 0 Å². The van der Waals surface area contributed by atoms with Gasteiger partial charge in [-0.25, -0.2) is 4.98 Å². The minimum atomic E-state index is 0.0530. The largest absolute Gasteiger partial charge is 0.354 e. The molecule has 5 heteroatoms. The molecule has 0 saturated carbocycles. The van der Waals surface area contributed by atoms with Crippen LogP contribution in [0, 0.1) is 13.8 Å². The topological polar surface area (TPSA) is 45.2 Å². The Balaban J connectivity index is 1.79. The van der Waals surface area contributed by atoms with Crippen molar-refractivity contribution in [3.05, 3.63) is 15.6 Å². The van der Waals surface area contributed by atoms with E-state index in [0.29, 0.717) is 6.54 Å². The van der Waals surface area contributed by atoms with E-state index in [1.54, 1.807) is 11.3 Å². The number of nitrogens with zero attached hydrogens (tertiary/aromatic N) is 2. The molecule has 1 atom stereocenters. The highest BCUT2D eigenvalue weighted by Gasteiger charge is 2.24. The number of hydrogen-bond acceptors (Lipinski definition) is 4. The van der Waals surface area contributed by atoms with Gasteiger partial charge in [-0.15, -0.1) is 11.3 Å². The molecule has 2 heterocycles. The number of amides is 1. The van der Waals surface area contributed by atoms with E-state index >= 15 is 0 Å². The first-order chi connectivity index (χ1) is 9.58. The van der Waals surface area contributed by atoms with Crippen LogP contribution < -0.4 is 5.32 Å². The van der Waals surface area contributed by atoms with Gasteiger partial charge in [-0.3, -0.25) is 9.69 Å². The summed E-state index contributed by atoms with van der Waals surface area (Å²) in [5.41, 5.74) is 1.11. The first kappa shape index (κ1) is 15.4. The van der Waals surface area contributed by atoms with Crippen LogP contribution in [-0.4, -0.2) is 42.0 Å². The Morgan fingerprint density at radius 3 is 2.90 bits per heavy atom. The molecule has 0 aliphatic carbocycles. The Bertz CT molecular complexity index is 438. The predicted octanol–water partition coefficient (Wildman–Crippen LogP) is 2.29. The van der Waals surface area contributed by atoms with Crippen LogP contribution in [0.2, 0.25) is 0 Å². The minimum absolute atomic E-state index is 0.0530. The van der Waals surface area contributed by atoms with Crippen LogP contribution in [0.15, 0.2) is 0 Å². The molecule has 1 aliphatic rings. The van der Waals surface area contributed by atoms with E-state index in [-0.39, 0.29) is 11.9 Å². The van der Waals surface area contributed by atoms with Gasteiger partial charge in [0.2, 0.25) is 5.91 Å². The molecule has 1 amide bonds. The Kier molecular flexibility index (Phi) is 5.54. The van der Waals surface area contributed by atoms with Crippen molar-refractivity contribution >= 4 is 17.2 Å². The molecule has 0 aromatic carbocycles. The molecule has 20 heavy (non-hydrogen) atoms. The normalized spacial score (nSPS) is 20.6. The monoisotopic (exact) mass is 295 g/mol. The number of rotatable bonds is 4. The predicted molar refractivity (Wildman–Crippen MR) is 83.2 cm³/mol. The maximum atomic E-state index is 12.3. The highest BCUT2D eigenvalue weighted by atomic mass is 32.1.